The molecule has 0 aliphatic rings. The maximum Gasteiger partial charge on any atom is 0.306 e. The molecule has 1 unspecified atom stereocenters. The molecule has 58 heavy (non-hydrogen) atoms. The monoisotopic (exact) mass is 811 g/mol. The highest BCUT2D eigenvalue weighted by molar-refractivity contribution is 5.71. The molecule has 6 heteroatoms. The van der Waals surface area contributed by atoms with Gasteiger partial charge in [0.1, 0.15) is 13.2 Å². The van der Waals surface area contributed by atoms with Crippen molar-refractivity contribution in [2.45, 2.75) is 239 Å². The van der Waals surface area contributed by atoms with Gasteiger partial charge in [-0.3, -0.25) is 14.4 Å². The van der Waals surface area contributed by atoms with Crippen LogP contribution in [0.2, 0.25) is 0 Å². The fraction of sp³-hybridized carbons (Fsp3) is 0.750. The summed E-state index contributed by atoms with van der Waals surface area (Å²) in [7, 11) is 0. The Bertz CT molecular complexity index is 1070. The van der Waals surface area contributed by atoms with Crippen LogP contribution < -0.4 is 0 Å². The lowest BCUT2D eigenvalue weighted by molar-refractivity contribution is -0.167. The molecule has 0 heterocycles. The summed E-state index contributed by atoms with van der Waals surface area (Å²) in [6, 6.07) is 0. The first kappa shape index (κ1) is 55.1. The van der Waals surface area contributed by atoms with Crippen molar-refractivity contribution in [2.24, 2.45) is 0 Å². The van der Waals surface area contributed by atoms with Crippen molar-refractivity contribution in [1.82, 2.24) is 0 Å². The molecule has 0 aliphatic heterocycles. The van der Waals surface area contributed by atoms with Crippen molar-refractivity contribution in [1.29, 1.82) is 0 Å². The second kappa shape index (κ2) is 46.8. The van der Waals surface area contributed by atoms with E-state index >= 15 is 0 Å². The molecule has 0 aromatic carbocycles. The van der Waals surface area contributed by atoms with Crippen molar-refractivity contribution in [3.63, 3.8) is 0 Å². The van der Waals surface area contributed by atoms with Crippen molar-refractivity contribution < 1.29 is 28.6 Å². The van der Waals surface area contributed by atoms with Crippen LogP contribution in [-0.2, 0) is 28.6 Å². The van der Waals surface area contributed by atoms with Gasteiger partial charge in [0.05, 0.1) is 0 Å². The number of rotatable bonds is 43. The Morgan fingerprint density at radius 1 is 0.379 bits per heavy atom. The normalized spacial score (nSPS) is 12.5. The van der Waals surface area contributed by atoms with Gasteiger partial charge in [0.25, 0.3) is 0 Å². The summed E-state index contributed by atoms with van der Waals surface area (Å²) < 4.78 is 16.7. The third-order valence-corrected chi connectivity index (χ3v) is 10.3. The quantitative estimate of drug-likeness (QED) is 0.0201. The summed E-state index contributed by atoms with van der Waals surface area (Å²) >= 11 is 0. The lowest BCUT2D eigenvalue weighted by Crippen LogP contribution is -2.30. The van der Waals surface area contributed by atoms with Crippen LogP contribution in [0.25, 0.3) is 0 Å². The standard InChI is InChI=1S/C52H90O6/c1-4-7-10-13-16-19-22-24-26-27-29-30-33-36-39-42-45-51(54)57-48-49(47-56-50(53)44-41-38-35-32-21-18-15-12-9-6-3)58-52(55)46-43-40-37-34-31-28-25-23-20-17-14-11-8-5-2/h8,11,17,20,25-30,49H,4-7,9-10,12-16,18-19,21-24,31-48H2,1-3H3/b11-8-,20-17-,27-26-,28-25-,30-29-. The molecule has 0 rings (SSSR count). The summed E-state index contributed by atoms with van der Waals surface area (Å²) in [5.41, 5.74) is 0. The zero-order valence-electron chi connectivity index (χ0n) is 38.0. The molecule has 0 aromatic rings. The zero-order chi connectivity index (χ0) is 42.3. The van der Waals surface area contributed by atoms with Gasteiger partial charge in [-0.25, -0.2) is 0 Å². The highest BCUT2D eigenvalue weighted by Crippen LogP contribution is 2.14. The molecule has 0 saturated carbocycles. The van der Waals surface area contributed by atoms with Crippen molar-refractivity contribution >= 4 is 17.9 Å². The largest absolute Gasteiger partial charge is 0.462 e. The summed E-state index contributed by atoms with van der Waals surface area (Å²) in [5, 5.41) is 0. The topological polar surface area (TPSA) is 78.9 Å². The number of allylic oxidation sites excluding steroid dienone is 10. The molecule has 0 saturated heterocycles. The van der Waals surface area contributed by atoms with Gasteiger partial charge in [-0.1, -0.05) is 197 Å². The van der Waals surface area contributed by atoms with Crippen LogP contribution in [0, 0.1) is 0 Å². The van der Waals surface area contributed by atoms with Crippen LogP contribution in [-0.4, -0.2) is 37.2 Å². The highest BCUT2D eigenvalue weighted by atomic mass is 16.6. The van der Waals surface area contributed by atoms with E-state index in [1.165, 1.54) is 89.9 Å². The van der Waals surface area contributed by atoms with E-state index in [-0.39, 0.29) is 31.1 Å². The number of carbonyl (C=O) groups excluding carboxylic acids is 3. The van der Waals surface area contributed by atoms with Gasteiger partial charge in [-0.2, -0.15) is 0 Å². The Balaban J connectivity index is 4.44. The summed E-state index contributed by atoms with van der Waals surface area (Å²) in [6.07, 6.45) is 56.3. The van der Waals surface area contributed by atoms with E-state index in [2.05, 4.69) is 81.5 Å². The molecule has 0 N–H and O–H groups in total. The van der Waals surface area contributed by atoms with Crippen LogP contribution in [0.3, 0.4) is 0 Å². The minimum absolute atomic E-state index is 0.0909. The van der Waals surface area contributed by atoms with Gasteiger partial charge in [0.15, 0.2) is 6.10 Å². The van der Waals surface area contributed by atoms with Gasteiger partial charge in [-0.05, 0) is 77.0 Å². The Hall–Kier alpha value is -2.89. The Labute approximate surface area is 358 Å². The lowest BCUT2D eigenvalue weighted by atomic mass is 10.1. The summed E-state index contributed by atoms with van der Waals surface area (Å²) in [4.78, 5) is 37.8. The number of hydrogen-bond donors (Lipinski definition) is 0. The van der Waals surface area contributed by atoms with E-state index in [1.807, 2.05) is 0 Å². The molecule has 0 amide bonds. The number of unbranched alkanes of at least 4 members (excludes halogenated alkanes) is 23. The van der Waals surface area contributed by atoms with E-state index in [4.69, 9.17) is 14.2 Å². The molecule has 334 valence electrons. The Morgan fingerprint density at radius 3 is 1.17 bits per heavy atom. The van der Waals surface area contributed by atoms with Gasteiger partial charge in [0, 0.05) is 19.3 Å². The van der Waals surface area contributed by atoms with E-state index in [1.54, 1.807) is 0 Å². The Kier molecular flexibility index (Phi) is 44.5. The van der Waals surface area contributed by atoms with E-state index in [0.29, 0.717) is 19.3 Å². The van der Waals surface area contributed by atoms with Crippen molar-refractivity contribution in [3.8, 4) is 0 Å². The Morgan fingerprint density at radius 2 is 0.724 bits per heavy atom. The number of esters is 3. The first-order valence-electron chi connectivity index (χ1n) is 24.3. The smallest absolute Gasteiger partial charge is 0.306 e. The van der Waals surface area contributed by atoms with Crippen molar-refractivity contribution in [2.75, 3.05) is 13.2 Å². The first-order valence-corrected chi connectivity index (χ1v) is 24.3. The molecule has 0 fully saturated rings. The lowest BCUT2D eigenvalue weighted by Gasteiger charge is -2.18. The SMILES string of the molecule is CC/C=C\C/C=C\C/C=C\CCCCCCC(=O)OC(COC(=O)CCCCC/C=C\C=C/CCCCCCCCC)COC(=O)CCCCCCCCCCCC. The van der Waals surface area contributed by atoms with Crippen LogP contribution >= 0.6 is 0 Å². The fourth-order valence-corrected chi connectivity index (χ4v) is 6.62. The molecule has 6 nitrogen and oxygen atoms in total. The van der Waals surface area contributed by atoms with Crippen LogP contribution in [0.5, 0.6) is 0 Å². The van der Waals surface area contributed by atoms with Crippen LogP contribution in [0.4, 0.5) is 0 Å². The van der Waals surface area contributed by atoms with Crippen molar-refractivity contribution in [3.05, 3.63) is 60.8 Å². The van der Waals surface area contributed by atoms with E-state index in [0.717, 1.165) is 103 Å². The molecular weight excluding hydrogens is 721 g/mol. The molecule has 0 spiro atoms. The molecular formula is C52H90O6. The second-order valence-corrected chi connectivity index (χ2v) is 16.0. The average Bonchev–Trinajstić information content (AvgIpc) is 3.22. The molecule has 0 aromatic heterocycles. The first-order chi connectivity index (χ1) is 28.5. The predicted octanol–water partition coefficient (Wildman–Crippen LogP) is 15.7. The highest BCUT2D eigenvalue weighted by Gasteiger charge is 2.19. The third kappa shape index (κ3) is 44.2. The maximum absolute atomic E-state index is 12.7. The minimum atomic E-state index is -0.793. The van der Waals surface area contributed by atoms with Gasteiger partial charge < -0.3 is 14.2 Å². The minimum Gasteiger partial charge on any atom is -0.462 e. The fourth-order valence-electron chi connectivity index (χ4n) is 6.62. The zero-order valence-corrected chi connectivity index (χ0v) is 38.0. The van der Waals surface area contributed by atoms with Crippen LogP contribution in [0.15, 0.2) is 60.8 Å². The molecule has 0 bridgehead atoms. The second-order valence-electron chi connectivity index (χ2n) is 16.0. The molecule has 0 radical (unpaired) electrons. The van der Waals surface area contributed by atoms with Crippen LogP contribution in [0.1, 0.15) is 233 Å². The predicted molar refractivity (Wildman–Crippen MR) is 247 cm³/mol. The average molecular weight is 811 g/mol. The number of carbonyl (C=O) groups is 3. The van der Waals surface area contributed by atoms with E-state index in [9.17, 15) is 14.4 Å². The molecule has 1 atom stereocenters. The third-order valence-electron chi connectivity index (χ3n) is 10.3. The van der Waals surface area contributed by atoms with E-state index < -0.39 is 6.10 Å². The van der Waals surface area contributed by atoms with Gasteiger partial charge in [0.2, 0.25) is 0 Å². The summed E-state index contributed by atoms with van der Waals surface area (Å²) in [5.74, 6) is -0.942. The maximum atomic E-state index is 12.7. The van der Waals surface area contributed by atoms with Gasteiger partial charge in [-0.15, -0.1) is 0 Å². The number of hydrogen-bond acceptors (Lipinski definition) is 6. The molecule has 0 aliphatic carbocycles. The van der Waals surface area contributed by atoms with Gasteiger partial charge >= 0.3 is 17.9 Å². The summed E-state index contributed by atoms with van der Waals surface area (Å²) in [6.45, 7) is 6.46. The number of ether oxygens (including phenoxy) is 3.